The molecular formula is C9H9NO3. The molecule has 1 aliphatic rings. The Balaban J connectivity index is 2.59. The van der Waals surface area contributed by atoms with Gasteiger partial charge in [-0.3, -0.25) is 4.98 Å². The van der Waals surface area contributed by atoms with Crippen molar-refractivity contribution >= 4 is 5.97 Å². The summed E-state index contributed by atoms with van der Waals surface area (Å²) in [6, 6.07) is 3.37. The highest BCUT2D eigenvalue weighted by Crippen LogP contribution is 2.34. The van der Waals surface area contributed by atoms with Gasteiger partial charge < -0.3 is 9.47 Å². The molecule has 0 N–H and O–H groups in total. The van der Waals surface area contributed by atoms with E-state index in [1.807, 2.05) is 0 Å². The number of ether oxygens (including phenoxy) is 2. The Labute approximate surface area is 75.5 Å². The molecule has 4 heteroatoms. The lowest BCUT2D eigenvalue weighted by molar-refractivity contribution is -0.174. The Morgan fingerprint density at radius 2 is 2.38 bits per heavy atom. The average molecular weight is 179 g/mol. The van der Waals surface area contributed by atoms with Gasteiger partial charge in [0.25, 0.3) is 5.79 Å². The topological polar surface area (TPSA) is 48.4 Å². The van der Waals surface area contributed by atoms with Crippen molar-refractivity contribution in [2.24, 2.45) is 0 Å². The van der Waals surface area contributed by atoms with Crippen molar-refractivity contribution in [1.29, 1.82) is 0 Å². The molecule has 0 amide bonds. The van der Waals surface area contributed by atoms with Crippen LogP contribution in [0, 0.1) is 0 Å². The zero-order chi connectivity index (χ0) is 9.47. The highest BCUT2D eigenvalue weighted by atomic mass is 16.7. The summed E-state index contributed by atoms with van der Waals surface area (Å²) in [5.74, 6) is -1.40. The summed E-state index contributed by atoms with van der Waals surface area (Å²) in [5.41, 5.74) is 1.02. The first-order valence-electron chi connectivity index (χ1n) is 3.91. The minimum atomic E-state index is -1.02. The molecule has 1 unspecified atom stereocenters. The minimum Gasteiger partial charge on any atom is -0.423 e. The Morgan fingerprint density at radius 3 is 3.08 bits per heavy atom. The number of methoxy groups -OCH3 is 1. The summed E-state index contributed by atoms with van der Waals surface area (Å²) in [6.45, 7) is 1.67. The molecule has 68 valence electrons. The Morgan fingerprint density at radius 1 is 1.62 bits per heavy atom. The highest BCUT2D eigenvalue weighted by Gasteiger charge is 2.43. The number of rotatable bonds is 1. The van der Waals surface area contributed by atoms with Crippen LogP contribution < -0.4 is 0 Å². The van der Waals surface area contributed by atoms with Crippen LogP contribution in [0.1, 0.15) is 23.0 Å². The van der Waals surface area contributed by atoms with E-state index in [2.05, 4.69) is 4.98 Å². The van der Waals surface area contributed by atoms with E-state index in [9.17, 15) is 4.79 Å². The van der Waals surface area contributed by atoms with Gasteiger partial charge in [0.2, 0.25) is 0 Å². The molecule has 0 saturated heterocycles. The van der Waals surface area contributed by atoms with Crippen LogP contribution in [0.25, 0.3) is 0 Å². The van der Waals surface area contributed by atoms with Crippen LogP contribution in [-0.4, -0.2) is 18.1 Å². The molecule has 1 atom stereocenters. The van der Waals surface area contributed by atoms with Crippen LogP contribution in [-0.2, 0) is 15.3 Å². The highest BCUT2D eigenvalue weighted by molar-refractivity contribution is 5.93. The van der Waals surface area contributed by atoms with Gasteiger partial charge in [-0.2, -0.15) is 0 Å². The van der Waals surface area contributed by atoms with Crippen molar-refractivity contribution in [3.8, 4) is 0 Å². The molecule has 1 aromatic heterocycles. The maximum absolute atomic E-state index is 11.3. The Bertz CT molecular complexity index is 364. The number of esters is 1. The summed E-state index contributed by atoms with van der Waals surface area (Å²) in [7, 11) is 1.48. The minimum absolute atomic E-state index is 0.382. The average Bonchev–Trinajstić information content (AvgIpc) is 2.42. The van der Waals surface area contributed by atoms with E-state index in [1.54, 1.807) is 25.3 Å². The predicted molar refractivity (Wildman–Crippen MR) is 44.0 cm³/mol. The van der Waals surface area contributed by atoms with Gasteiger partial charge in [-0.25, -0.2) is 4.79 Å². The van der Waals surface area contributed by atoms with Crippen LogP contribution >= 0.6 is 0 Å². The fourth-order valence-electron chi connectivity index (χ4n) is 1.35. The largest absolute Gasteiger partial charge is 0.423 e. The quantitative estimate of drug-likeness (QED) is 0.605. The Hall–Kier alpha value is -1.42. The summed E-state index contributed by atoms with van der Waals surface area (Å²) in [5, 5.41) is 0. The predicted octanol–water partition coefficient (Wildman–Crippen LogP) is 1.07. The molecule has 13 heavy (non-hydrogen) atoms. The first-order valence-corrected chi connectivity index (χ1v) is 3.91. The maximum Gasteiger partial charge on any atom is 0.343 e. The molecule has 0 radical (unpaired) electrons. The molecule has 2 rings (SSSR count). The van der Waals surface area contributed by atoms with Crippen molar-refractivity contribution in [3.63, 3.8) is 0 Å². The standard InChI is InChI=1S/C9H9NO3/c1-9(12-2)7-6(8(11)13-9)4-3-5-10-7/h3-5H,1-2H3. The third kappa shape index (κ3) is 1.02. The van der Waals surface area contributed by atoms with E-state index < -0.39 is 5.79 Å². The fourth-order valence-corrected chi connectivity index (χ4v) is 1.35. The summed E-state index contributed by atoms with van der Waals surface area (Å²) in [6.07, 6.45) is 1.61. The number of fused-ring (bicyclic) bond motifs is 1. The Kier molecular flexibility index (Phi) is 1.60. The number of carbonyl (C=O) groups excluding carboxylic acids is 1. The van der Waals surface area contributed by atoms with E-state index >= 15 is 0 Å². The molecule has 0 spiro atoms. The molecule has 0 aliphatic carbocycles. The number of aromatic nitrogens is 1. The lowest BCUT2D eigenvalue weighted by Gasteiger charge is -2.20. The third-order valence-corrected chi connectivity index (χ3v) is 2.13. The molecule has 1 aliphatic heterocycles. The number of nitrogens with zero attached hydrogens (tertiary/aromatic N) is 1. The van der Waals surface area contributed by atoms with Crippen LogP contribution in [0.4, 0.5) is 0 Å². The van der Waals surface area contributed by atoms with Crippen molar-refractivity contribution in [3.05, 3.63) is 29.6 Å². The molecule has 2 heterocycles. The van der Waals surface area contributed by atoms with Crippen LogP contribution in [0.2, 0.25) is 0 Å². The lowest BCUT2D eigenvalue weighted by Crippen LogP contribution is -2.24. The molecule has 0 aromatic carbocycles. The van der Waals surface area contributed by atoms with Gasteiger partial charge in [-0.1, -0.05) is 0 Å². The van der Waals surface area contributed by atoms with Gasteiger partial charge in [0, 0.05) is 20.2 Å². The SMILES string of the molecule is COC1(C)OC(=O)c2cccnc21. The van der Waals surface area contributed by atoms with Gasteiger partial charge in [-0.15, -0.1) is 0 Å². The first kappa shape index (κ1) is 8.19. The second-order valence-electron chi connectivity index (χ2n) is 2.94. The van der Waals surface area contributed by atoms with Gasteiger partial charge in [0.15, 0.2) is 0 Å². The van der Waals surface area contributed by atoms with Crippen LogP contribution in [0.5, 0.6) is 0 Å². The van der Waals surface area contributed by atoms with Gasteiger partial charge in [-0.05, 0) is 12.1 Å². The number of pyridine rings is 1. The van der Waals surface area contributed by atoms with E-state index in [-0.39, 0.29) is 5.97 Å². The molecule has 1 aromatic rings. The molecular weight excluding hydrogens is 170 g/mol. The van der Waals surface area contributed by atoms with Crippen molar-refractivity contribution < 1.29 is 14.3 Å². The van der Waals surface area contributed by atoms with E-state index in [1.165, 1.54) is 7.11 Å². The van der Waals surface area contributed by atoms with Crippen LogP contribution in [0.15, 0.2) is 18.3 Å². The lowest BCUT2D eigenvalue weighted by atomic mass is 10.1. The van der Waals surface area contributed by atoms with E-state index in [0.29, 0.717) is 11.3 Å². The van der Waals surface area contributed by atoms with Crippen molar-refractivity contribution in [1.82, 2.24) is 4.98 Å². The molecule has 4 nitrogen and oxygen atoms in total. The summed E-state index contributed by atoms with van der Waals surface area (Å²) >= 11 is 0. The zero-order valence-electron chi connectivity index (χ0n) is 7.40. The van der Waals surface area contributed by atoms with E-state index in [0.717, 1.165) is 0 Å². The van der Waals surface area contributed by atoms with Gasteiger partial charge in [0.1, 0.15) is 5.69 Å². The van der Waals surface area contributed by atoms with Crippen molar-refractivity contribution in [2.75, 3.05) is 7.11 Å². The normalized spacial score (nSPS) is 25.5. The first-order chi connectivity index (χ1) is 6.17. The number of hydrogen-bond donors (Lipinski definition) is 0. The second kappa shape index (κ2) is 2.53. The monoisotopic (exact) mass is 179 g/mol. The fraction of sp³-hybridized carbons (Fsp3) is 0.333. The molecule has 0 fully saturated rings. The third-order valence-electron chi connectivity index (χ3n) is 2.13. The number of cyclic esters (lactones) is 1. The molecule has 0 bridgehead atoms. The maximum atomic E-state index is 11.3. The van der Waals surface area contributed by atoms with E-state index in [4.69, 9.17) is 9.47 Å². The van der Waals surface area contributed by atoms with Gasteiger partial charge in [0.05, 0.1) is 5.56 Å². The van der Waals surface area contributed by atoms with Crippen molar-refractivity contribution in [2.45, 2.75) is 12.7 Å². The number of carbonyl (C=O) groups is 1. The number of hydrogen-bond acceptors (Lipinski definition) is 4. The summed E-state index contributed by atoms with van der Waals surface area (Å²) in [4.78, 5) is 15.4. The zero-order valence-corrected chi connectivity index (χ0v) is 7.40. The smallest absolute Gasteiger partial charge is 0.343 e. The summed E-state index contributed by atoms with van der Waals surface area (Å²) < 4.78 is 10.1. The van der Waals surface area contributed by atoms with Crippen LogP contribution in [0.3, 0.4) is 0 Å². The van der Waals surface area contributed by atoms with Gasteiger partial charge >= 0.3 is 5.97 Å². The molecule has 0 saturated carbocycles. The second-order valence-corrected chi connectivity index (χ2v) is 2.94.